The van der Waals surface area contributed by atoms with Crippen molar-refractivity contribution in [1.82, 2.24) is 24.3 Å². The molecule has 0 fully saturated rings. The number of benzene rings is 1. The lowest BCUT2D eigenvalue weighted by Gasteiger charge is -2.09. The van der Waals surface area contributed by atoms with Crippen molar-refractivity contribution in [2.45, 2.75) is 26.5 Å². The second-order valence-corrected chi connectivity index (χ2v) is 7.48. The predicted octanol–water partition coefficient (Wildman–Crippen LogP) is 2.69. The molecule has 10 heteroatoms. The fourth-order valence-electron chi connectivity index (χ4n) is 3.38. The Bertz CT molecular complexity index is 1320. The quantitative estimate of drug-likeness (QED) is 0.384. The molecule has 0 spiro atoms. The molecule has 0 saturated carbocycles. The topological polar surface area (TPSA) is 124 Å². The molecule has 1 amide bonds. The van der Waals surface area contributed by atoms with Crippen molar-refractivity contribution in [3.8, 4) is 5.82 Å². The first-order valence-electron chi connectivity index (χ1n) is 9.90. The Morgan fingerprint density at radius 2 is 2.16 bits per heavy atom. The number of anilines is 2. The molecule has 0 aliphatic heterocycles. The van der Waals surface area contributed by atoms with Gasteiger partial charge in [0.25, 0.3) is 0 Å². The van der Waals surface area contributed by atoms with E-state index in [1.807, 2.05) is 25.1 Å². The summed E-state index contributed by atoms with van der Waals surface area (Å²) >= 11 is 0. The largest absolute Gasteiger partial charge is 0.391 e. The second kappa shape index (κ2) is 8.60. The van der Waals surface area contributed by atoms with Gasteiger partial charge < -0.3 is 16.2 Å². The highest BCUT2D eigenvalue weighted by atomic mass is 19.1. The minimum absolute atomic E-state index is 0.0948. The van der Waals surface area contributed by atoms with Crippen LogP contribution in [0.3, 0.4) is 0 Å². The number of amides is 1. The SMILES string of the molecule is Cc1cn(-c2nc(Nc3cnn(C[C@@H](C)O)c3)ncc2F)c2ccc(C=CC(N)=O)cc12. The number of nitrogens with two attached hydrogens (primary N) is 1. The molecule has 0 unspecified atom stereocenters. The van der Waals surface area contributed by atoms with Gasteiger partial charge in [-0.15, -0.1) is 0 Å². The maximum absolute atomic E-state index is 14.7. The Labute approximate surface area is 183 Å². The number of rotatable bonds is 7. The number of hydrogen-bond donors (Lipinski definition) is 3. The Kier molecular flexibility index (Phi) is 5.69. The third-order valence-corrected chi connectivity index (χ3v) is 4.76. The van der Waals surface area contributed by atoms with Gasteiger partial charge in [0, 0.05) is 23.9 Å². The van der Waals surface area contributed by atoms with Gasteiger partial charge in [0.15, 0.2) is 11.6 Å². The van der Waals surface area contributed by atoms with Gasteiger partial charge in [-0.3, -0.25) is 14.0 Å². The lowest BCUT2D eigenvalue weighted by molar-refractivity contribution is -0.113. The van der Waals surface area contributed by atoms with Crippen molar-refractivity contribution in [3.63, 3.8) is 0 Å². The highest BCUT2D eigenvalue weighted by Gasteiger charge is 2.15. The molecule has 3 heterocycles. The van der Waals surface area contributed by atoms with Crippen LogP contribution in [0.15, 0.2) is 49.1 Å². The van der Waals surface area contributed by atoms with Crippen LogP contribution in [0.25, 0.3) is 22.8 Å². The molecule has 164 valence electrons. The number of nitrogens with one attached hydrogen (secondary N) is 1. The van der Waals surface area contributed by atoms with Crippen molar-refractivity contribution < 1.29 is 14.3 Å². The van der Waals surface area contributed by atoms with Gasteiger partial charge in [-0.1, -0.05) is 6.07 Å². The fourth-order valence-corrected chi connectivity index (χ4v) is 3.38. The van der Waals surface area contributed by atoms with E-state index in [9.17, 15) is 14.3 Å². The standard InChI is InChI=1S/C22H22FN7O2/c1-13-10-30(19-5-3-15(7-17(13)19)4-6-20(24)32)21-18(23)9-25-22(28-21)27-16-8-26-29(12-16)11-14(2)31/h3-10,12,14,31H,11H2,1-2H3,(H2,24,32)(H,25,27,28)/t14-/m1/s1. The number of carbonyl (C=O) groups is 1. The molecule has 4 N–H and O–H groups in total. The summed E-state index contributed by atoms with van der Waals surface area (Å²) in [6.45, 7) is 3.93. The molecule has 0 aliphatic carbocycles. The zero-order valence-corrected chi connectivity index (χ0v) is 17.5. The molecule has 0 aliphatic rings. The zero-order valence-electron chi connectivity index (χ0n) is 17.5. The first-order valence-corrected chi connectivity index (χ1v) is 9.90. The lowest BCUT2D eigenvalue weighted by Crippen LogP contribution is -2.11. The number of nitrogens with zero attached hydrogens (tertiary/aromatic N) is 5. The highest BCUT2D eigenvalue weighted by molar-refractivity contribution is 5.92. The smallest absolute Gasteiger partial charge is 0.241 e. The summed E-state index contributed by atoms with van der Waals surface area (Å²) in [5.41, 5.74) is 8.25. The Morgan fingerprint density at radius 3 is 2.91 bits per heavy atom. The fraction of sp³-hybridized carbons (Fsp3) is 0.182. The summed E-state index contributed by atoms with van der Waals surface area (Å²) in [5.74, 6) is -0.801. The summed E-state index contributed by atoms with van der Waals surface area (Å²) < 4.78 is 17.9. The van der Waals surface area contributed by atoms with Crippen LogP contribution in [0.2, 0.25) is 0 Å². The Morgan fingerprint density at radius 1 is 1.34 bits per heavy atom. The number of aryl methyl sites for hydroxylation is 1. The van der Waals surface area contributed by atoms with Crippen LogP contribution in [0.4, 0.5) is 16.0 Å². The van der Waals surface area contributed by atoms with Crippen molar-refractivity contribution in [3.05, 3.63) is 66.0 Å². The van der Waals surface area contributed by atoms with Gasteiger partial charge in [-0.05, 0) is 43.2 Å². The normalized spacial score (nSPS) is 12.5. The third-order valence-electron chi connectivity index (χ3n) is 4.76. The molecular weight excluding hydrogens is 413 g/mol. The van der Waals surface area contributed by atoms with Crippen LogP contribution in [0.1, 0.15) is 18.1 Å². The average molecular weight is 435 g/mol. The Balaban J connectivity index is 1.67. The molecule has 1 aromatic carbocycles. The lowest BCUT2D eigenvalue weighted by atomic mass is 10.1. The van der Waals surface area contributed by atoms with Crippen LogP contribution in [0.5, 0.6) is 0 Å². The van der Waals surface area contributed by atoms with Gasteiger partial charge in [0.05, 0.1) is 36.2 Å². The van der Waals surface area contributed by atoms with Crippen molar-refractivity contribution in [2.24, 2.45) is 5.73 Å². The van der Waals surface area contributed by atoms with Gasteiger partial charge in [-0.25, -0.2) is 9.37 Å². The summed E-state index contributed by atoms with van der Waals surface area (Å²) in [7, 11) is 0. The number of carbonyl (C=O) groups excluding carboxylic acids is 1. The average Bonchev–Trinajstić information content (AvgIpc) is 3.31. The molecule has 32 heavy (non-hydrogen) atoms. The molecule has 9 nitrogen and oxygen atoms in total. The molecule has 1 atom stereocenters. The third kappa shape index (κ3) is 4.49. The van der Waals surface area contributed by atoms with Gasteiger partial charge in [0.2, 0.25) is 11.9 Å². The van der Waals surface area contributed by atoms with E-state index in [0.717, 1.165) is 28.2 Å². The first kappa shape index (κ1) is 21.2. The molecule has 3 aromatic heterocycles. The minimum atomic E-state index is -0.574. The minimum Gasteiger partial charge on any atom is -0.391 e. The van der Waals surface area contributed by atoms with Crippen LogP contribution in [0, 0.1) is 12.7 Å². The van der Waals surface area contributed by atoms with E-state index in [0.29, 0.717) is 12.2 Å². The molecule has 0 bridgehead atoms. The number of aliphatic hydroxyl groups excluding tert-OH is 1. The van der Waals surface area contributed by atoms with E-state index < -0.39 is 17.8 Å². The van der Waals surface area contributed by atoms with E-state index >= 15 is 0 Å². The molecular formula is C22H22FN7O2. The maximum Gasteiger partial charge on any atom is 0.241 e. The summed E-state index contributed by atoms with van der Waals surface area (Å²) in [6, 6.07) is 5.54. The van der Waals surface area contributed by atoms with Crippen LogP contribution in [-0.2, 0) is 11.3 Å². The van der Waals surface area contributed by atoms with Crippen LogP contribution < -0.4 is 11.1 Å². The van der Waals surface area contributed by atoms with Crippen molar-refractivity contribution in [2.75, 3.05) is 5.32 Å². The first-order chi connectivity index (χ1) is 15.3. The number of aromatic nitrogens is 5. The molecule has 0 radical (unpaired) electrons. The van der Waals surface area contributed by atoms with E-state index in [1.54, 1.807) is 40.8 Å². The molecule has 0 saturated heterocycles. The van der Waals surface area contributed by atoms with E-state index in [-0.39, 0.29) is 11.8 Å². The number of primary amides is 1. The summed E-state index contributed by atoms with van der Waals surface area (Å²) in [4.78, 5) is 19.4. The zero-order chi connectivity index (χ0) is 22.8. The highest BCUT2D eigenvalue weighted by Crippen LogP contribution is 2.27. The van der Waals surface area contributed by atoms with Crippen LogP contribution in [-0.4, -0.2) is 41.4 Å². The maximum atomic E-state index is 14.7. The molecule has 4 aromatic rings. The van der Waals surface area contributed by atoms with Crippen molar-refractivity contribution in [1.29, 1.82) is 0 Å². The van der Waals surface area contributed by atoms with E-state index in [2.05, 4.69) is 20.4 Å². The summed E-state index contributed by atoms with van der Waals surface area (Å²) in [5, 5.41) is 17.5. The number of fused-ring (bicyclic) bond motifs is 1. The number of hydrogen-bond acceptors (Lipinski definition) is 6. The summed E-state index contributed by atoms with van der Waals surface area (Å²) in [6.07, 6.45) is 8.56. The number of aliphatic hydroxyl groups is 1. The number of halogens is 1. The monoisotopic (exact) mass is 435 g/mol. The predicted molar refractivity (Wildman–Crippen MR) is 119 cm³/mol. The van der Waals surface area contributed by atoms with Gasteiger partial charge in [-0.2, -0.15) is 10.1 Å². The van der Waals surface area contributed by atoms with E-state index in [1.165, 1.54) is 6.08 Å². The van der Waals surface area contributed by atoms with E-state index in [4.69, 9.17) is 5.73 Å². The Hall–Kier alpha value is -4.05. The van der Waals surface area contributed by atoms with Crippen molar-refractivity contribution >= 4 is 34.5 Å². The van der Waals surface area contributed by atoms with Crippen LogP contribution >= 0.6 is 0 Å². The van der Waals surface area contributed by atoms with Gasteiger partial charge in [0.1, 0.15) is 0 Å². The van der Waals surface area contributed by atoms with Gasteiger partial charge >= 0.3 is 0 Å². The molecule has 4 rings (SSSR count). The second-order valence-electron chi connectivity index (χ2n) is 7.48.